The minimum Gasteiger partial charge on any atom is -0.383 e. The maximum absolute atomic E-state index is 12.0. The number of rotatable bonds is 3. The van der Waals surface area contributed by atoms with E-state index in [0.29, 0.717) is 16.4 Å². The zero-order chi connectivity index (χ0) is 12.4. The Morgan fingerprint density at radius 3 is 2.88 bits per heavy atom. The maximum atomic E-state index is 12.0. The van der Waals surface area contributed by atoms with Gasteiger partial charge in [0.15, 0.2) is 5.78 Å². The molecule has 0 bridgehead atoms. The summed E-state index contributed by atoms with van der Waals surface area (Å²) in [4.78, 5) is 12.0. The fourth-order valence-electron chi connectivity index (χ4n) is 1.59. The predicted octanol–water partition coefficient (Wildman–Crippen LogP) is 2.08. The maximum Gasteiger partial charge on any atom is 0.172 e. The van der Waals surface area contributed by atoms with Gasteiger partial charge in [0.25, 0.3) is 0 Å². The van der Waals surface area contributed by atoms with Crippen LogP contribution in [0.5, 0.6) is 0 Å². The molecule has 0 radical (unpaired) electrons. The van der Waals surface area contributed by atoms with E-state index in [0.717, 1.165) is 5.56 Å². The number of hydrogen-bond donors (Lipinski definition) is 1. The van der Waals surface area contributed by atoms with Crippen LogP contribution in [0.15, 0.2) is 30.5 Å². The van der Waals surface area contributed by atoms with E-state index in [1.165, 1.54) is 10.9 Å². The molecule has 1 aromatic carbocycles. The van der Waals surface area contributed by atoms with E-state index in [9.17, 15) is 4.79 Å². The first kappa shape index (κ1) is 11.7. The second-order valence-corrected chi connectivity index (χ2v) is 4.23. The van der Waals surface area contributed by atoms with Crippen molar-refractivity contribution in [1.82, 2.24) is 9.78 Å². The SMILES string of the molecule is Cn1ncc(C(=O)Cc2cccc(Cl)c2)c1N. The molecular formula is C12H12ClN3O. The number of ketones is 1. The van der Waals surface area contributed by atoms with E-state index < -0.39 is 0 Å². The standard InChI is InChI=1S/C12H12ClN3O/c1-16-12(14)10(7-15-16)11(17)6-8-3-2-4-9(13)5-8/h2-5,7H,6,14H2,1H3. The second-order valence-electron chi connectivity index (χ2n) is 3.80. The fourth-order valence-corrected chi connectivity index (χ4v) is 1.80. The van der Waals surface area contributed by atoms with Gasteiger partial charge in [-0.2, -0.15) is 5.10 Å². The van der Waals surface area contributed by atoms with Crippen molar-refractivity contribution < 1.29 is 4.79 Å². The van der Waals surface area contributed by atoms with E-state index in [4.69, 9.17) is 17.3 Å². The topological polar surface area (TPSA) is 60.9 Å². The molecule has 4 nitrogen and oxygen atoms in total. The van der Waals surface area contributed by atoms with Gasteiger partial charge in [-0.25, -0.2) is 0 Å². The molecule has 17 heavy (non-hydrogen) atoms. The van der Waals surface area contributed by atoms with Gasteiger partial charge >= 0.3 is 0 Å². The molecule has 0 amide bonds. The zero-order valence-corrected chi connectivity index (χ0v) is 10.1. The Labute approximate surface area is 104 Å². The Morgan fingerprint density at radius 1 is 1.53 bits per heavy atom. The molecule has 88 valence electrons. The lowest BCUT2D eigenvalue weighted by Gasteiger charge is -2.01. The minimum atomic E-state index is -0.0575. The van der Waals surface area contributed by atoms with Crippen molar-refractivity contribution in [2.24, 2.45) is 7.05 Å². The van der Waals surface area contributed by atoms with E-state index in [1.807, 2.05) is 12.1 Å². The van der Waals surface area contributed by atoms with E-state index in [-0.39, 0.29) is 12.2 Å². The van der Waals surface area contributed by atoms with Gasteiger partial charge in [-0.15, -0.1) is 0 Å². The molecule has 2 aromatic rings. The number of halogens is 1. The minimum absolute atomic E-state index is 0.0575. The van der Waals surface area contributed by atoms with Crippen LogP contribution in [-0.2, 0) is 13.5 Å². The van der Waals surface area contributed by atoms with Gasteiger partial charge in [-0.3, -0.25) is 9.48 Å². The Bertz CT molecular complexity index is 563. The zero-order valence-electron chi connectivity index (χ0n) is 9.35. The normalized spacial score (nSPS) is 10.5. The smallest absolute Gasteiger partial charge is 0.172 e. The largest absolute Gasteiger partial charge is 0.383 e. The molecule has 0 saturated carbocycles. The molecule has 0 fully saturated rings. The Hall–Kier alpha value is -1.81. The van der Waals surface area contributed by atoms with Gasteiger partial charge in [-0.1, -0.05) is 23.7 Å². The van der Waals surface area contributed by atoms with Crippen molar-refractivity contribution in [3.05, 3.63) is 46.6 Å². The average Bonchev–Trinajstić information content (AvgIpc) is 2.60. The molecule has 1 aromatic heterocycles. The third-order valence-corrected chi connectivity index (χ3v) is 2.77. The number of carbonyl (C=O) groups excluding carboxylic acids is 1. The highest BCUT2D eigenvalue weighted by molar-refractivity contribution is 6.30. The summed E-state index contributed by atoms with van der Waals surface area (Å²) in [6, 6.07) is 7.22. The Morgan fingerprint density at radius 2 is 2.29 bits per heavy atom. The molecule has 0 unspecified atom stereocenters. The van der Waals surface area contributed by atoms with Crippen LogP contribution in [0.3, 0.4) is 0 Å². The molecule has 0 spiro atoms. The molecule has 0 saturated heterocycles. The van der Waals surface area contributed by atoms with E-state index >= 15 is 0 Å². The summed E-state index contributed by atoms with van der Waals surface area (Å²) in [5.41, 5.74) is 7.06. The summed E-state index contributed by atoms with van der Waals surface area (Å²) in [7, 11) is 1.70. The number of carbonyl (C=O) groups is 1. The van der Waals surface area contributed by atoms with Crippen LogP contribution in [0, 0.1) is 0 Å². The summed E-state index contributed by atoms with van der Waals surface area (Å²) in [6.45, 7) is 0. The molecule has 0 aliphatic heterocycles. The van der Waals surface area contributed by atoms with Crippen LogP contribution in [0.25, 0.3) is 0 Å². The molecule has 0 atom stereocenters. The number of Topliss-reactive ketones (excluding diaryl/α,β-unsaturated/α-hetero) is 1. The van der Waals surface area contributed by atoms with Gasteiger partial charge < -0.3 is 5.73 Å². The average molecular weight is 250 g/mol. The number of nitrogens with two attached hydrogens (primary N) is 1. The molecule has 5 heteroatoms. The lowest BCUT2D eigenvalue weighted by atomic mass is 10.1. The van der Waals surface area contributed by atoms with Crippen LogP contribution in [0.4, 0.5) is 5.82 Å². The van der Waals surface area contributed by atoms with Crippen molar-refractivity contribution in [3.8, 4) is 0 Å². The predicted molar refractivity (Wildman–Crippen MR) is 67.1 cm³/mol. The van der Waals surface area contributed by atoms with Gasteiger partial charge in [0.05, 0.1) is 11.8 Å². The highest BCUT2D eigenvalue weighted by atomic mass is 35.5. The van der Waals surface area contributed by atoms with Crippen molar-refractivity contribution >= 4 is 23.2 Å². The summed E-state index contributed by atoms with van der Waals surface area (Å²) < 4.78 is 1.48. The van der Waals surface area contributed by atoms with Crippen molar-refractivity contribution in [3.63, 3.8) is 0 Å². The second kappa shape index (κ2) is 4.59. The quantitative estimate of drug-likeness (QED) is 0.848. The third kappa shape index (κ3) is 2.47. The third-order valence-electron chi connectivity index (χ3n) is 2.54. The number of benzene rings is 1. The Kier molecular flexibility index (Phi) is 3.15. The summed E-state index contributed by atoms with van der Waals surface area (Å²) in [6.07, 6.45) is 1.76. The van der Waals surface area contributed by atoms with Crippen LogP contribution >= 0.6 is 11.6 Å². The van der Waals surface area contributed by atoms with Crippen molar-refractivity contribution in [2.75, 3.05) is 5.73 Å². The van der Waals surface area contributed by atoms with Crippen molar-refractivity contribution in [2.45, 2.75) is 6.42 Å². The molecule has 1 heterocycles. The highest BCUT2D eigenvalue weighted by Crippen LogP contribution is 2.16. The molecule has 2 N–H and O–H groups in total. The van der Waals surface area contributed by atoms with E-state index in [1.54, 1.807) is 19.2 Å². The number of anilines is 1. The first-order chi connectivity index (χ1) is 8.08. The summed E-state index contributed by atoms with van der Waals surface area (Å²) in [5.74, 6) is 0.329. The molecular weight excluding hydrogens is 238 g/mol. The Balaban J connectivity index is 2.20. The number of aromatic nitrogens is 2. The lowest BCUT2D eigenvalue weighted by molar-refractivity contribution is 0.0994. The van der Waals surface area contributed by atoms with Gasteiger partial charge in [-0.05, 0) is 17.7 Å². The fraction of sp³-hybridized carbons (Fsp3) is 0.167. The summed E-state index contributed by atoms with van der Waals surface area (Å²) >= 11 is 5.86. The van der Waals surface area contributed by atoms with Gasteiger partial charge in [0.1, 0.15) is 5.82 Å². The van der Waals surface area contributed by atoms with Gasteiger partial charge in [0.2, 0.25) is 0 Å². The van der Waals surface area contributed by atoms with Crippen LogP contribution < -0.4 is 5.73 Å². The monoisotopic (exact) mass is 249 g/mol. The first-order valence-electron chi connectivity index (χ1n) is 5.13. The molecule has 2 rings (SSSR count). The number of hydrogen-bond acceptors (Lipinski definition) is 3. The number of aryl methyl sites for hydroxylation is 1. The van der Waals surface area contributed by atoms with Crippen molar-refractivity contribution in [1.29, 1.82) is 0 Å². The van der Waals surface area contributed by atoms with Crippen LogP contribution in [0.1, 0.15) is 15.9 Å². The lowest BCUT2D eigenvalue weighted by Crippen LogP contribution is -2.07. The van der Waals surface area contributed by atoms with Gasteiger partial charge in [0, 0.05) is 18.5 Å². The molecule has 0 aliphatic carbocycles. The highest BCUT2D eigenvalue weighted by Gasteiger charge is 2.14. The van der Waals surface area contributed by atoms with Crippen LogP contribution in [-0.4, -0.2) is 15.6 Å². The van der Waals surface area contributed by atoms with Crippen LogP contribution in [0.2, 0.25) is 5.02 Å². The first-order valence-corrected chi connectivity index (χ1v) is 5.51. The number of nitrogen functional groups attached to an aromatic ring is 1. The number of nitrogens with zero attached hydrogens (tertiary/aromatic N) is 2. The van der Waals surface area contributed by atoms with E-state index in [2.05, 4.69) is 5.10 Å². The molecule has 0 aliphatic rings. The summed E-state index contributed by atoms with van der Waals surface area (Å²) in [5, 5.41) is 4.56.